The van der Waals surface area contributed by atoms with Gasteiger partial charge in [-0.05, 0) is 23.7 Å². The van der Waals surface area contributed by atoms with Crippen LogP contribution in [0.3, 0.4) is 0 Å². The van der Waals surface area contributed by atoms with Crippen molar-refractivity contribution < 1.29 is 0 Å². The molecule has 1 heterocycles. The van der Waals surface area contributed by atoms with E-state index in [1.54, 1.807) is 5.38 Å². The van der Waals surface area contributed by atoms with E-state index in [1.807, 2.05) is 24.3 Å². The zero-order valence-electron chi connectivity index (χ0n) is 7.07. The zero-order chi connectivity index (χ0) is 9.97. The van der Waals surface area contributed by atoms with Crippen molar-refractivity contribution >= 4 is 27.5 Å². The van der Waals surface area contributed by atoms with Crippen LogP contribution in [0, 0.1) is 11.3 Å². The normalized spacial score (nSPS) is 9.71. The third-order valence-electron chi connectivity index (χ3n) is 1.81. The van der Waals surface area contributed by atoms with Crippen LogP contribution in [0.1, 0.15) is 5.56 Å². The highest BCUT2D eigenvalue weighted by atomic mass is 79.9. The second kappa shape index (κ2) is 3.91. The average molecular weight is 265 g/mol. The molecule has 0 bridgehead atoms. The molecule has 0 N–H and O–H groups in total. The van der Waals surface area contributed by atoms with Crippen LogP contribution in [0.4, 0.5) is 0 Å². The molecule has 4 heteroatoms. The predicted octanol–water partition coefficient (Wildman–Crippen LogP) is 3.44. The maximum Gasteiger partial charge on any atom is 0.102 e. The van der Waals surface area contributed by atoms with Crippen LogP contribution in [0.2, 0.25) is 0 Å². The number of hydrogen-bond acceptors (Lipinski definition) is 3. The molecule has 0 aliphatic rings. The second-order valence-electron chi connectivity index (χ2n) is 2.70. The molecule has 0 radical (unpaired) electrons. The summed E-state index contributed by atoms with van der Waals surface area (Å²) in [5.74, 6) is 0. The third kappa shape index (κ3) is 1.69. The lowest BCUT2D eigenvalue weighted by Gasteiger charge is -1.96. The van der Waals surface area contributed by atoms with Gasteiger partial charge in [-0.1, -0.05) is 28.1 Å². The van der Waals surface area contributed by atoms with Crippen molar-refractivity contribution in [2.45, 2.75) is 0 Å². The van der Waals surface area contributed by atoms with Crippen LogP contribution >= 0.6 is 27.5 Å². The molecule has 2 rings (SSSR count). The highest BCUT2D eigenvalue weighted by Gasteiger charge is 2.06. The topological polar surface area (TPSA) is 36.7 Å². The van der Waals surface area contributed by atoms with Gasteiger partial charge in [0.25, 0.3) is 0 Å². The first kappa shape index (κ1) is 9.38. The van der Waals surface area contributed by atoms with Crippen LogP contribution in [0.25, 0.3) is 11.3 Å². The lowest BCUT2D eigenvalue weighted by atomic mass is 10.1. The number of benzene rings is 1. The van der Waals surface area contributed by atoms with E-state index < -0.39 is 0 Å². The summed E-state index contributed by atoms with van der Waals surface area (Å²) < 4.78 is 5.21. The summed E-state index contributed by atoms with van der Waals surface area (Å²) >= 11 is 4.67. The fourth-order valence-corrected chi connectivity index (χ4v) is 2.03. The Morgan fingerprint density at radius 2 is 2.00 bits per heavy atom. The maximum absolute atomic E-state index is 8.83. The molecule has 68 valence electrons. The lowest BCUT2D eigenvalue weighted by molar-refractivity contribution is 1.45. The van der Waals surface area contributed by atoms with E-state index in [1.165, 1.54) is 11.5 Å². The standard InChI is InChI=1S/C10H5BrN2S/c11-9-3-1-7(2-4-9)10-8(5-12)6-14-13-10/h1-4,6H. The van der Waals surface area contributed by atoms with Crippen molar-refractivity contribution in [2.24, 2.45) is 0 Å². The summed E-state index contributed by atoms with van der Waals surface area (Å²) in [7, 11) is 0. The van der Waals surface area contributed by atoms with Gasteiger partial charge in [-0.3, -0.25) is 0 Å². The number of halogens is 1. The van der Waals surface area contributed by atoms with E-state index in [2.05, 4.69) is 26.4 Å². The van der Waals surface area contributed by atoms with Gasteiger partial charge in [0.15, 0.2) is 0 Å². The lowest BCUT2D eigenvalue weighted by Crippen LogP contribution is -1.80. The van der Waals surface area contributed by atoms with E-state index in [0.717, 1.165) is 15.7 Å². The molecule has 0 fully saturated rings. The minimum atomic E-state index is 0.636. The zero-order valence-corrected chi connectivity index (χ0v) is 9.47. The predicted molar refractivity (Wildman–Crippen MR) is 60.0 cm³/mol. The summed E-state index contributed by atoms with van der Waals surface area (Å²) in [5.41, 5.74) is 2.38. The molecular formula is C10H5BrN2S. The summed E-state index contributed by atoms with van der Waals surface area (Å²) in [5, 5.41) is 10.6. The molecule has 0 unspecified atom stereocenters. The Bertz CT molecular complexity index is 482. The Balaban J connectivity index is 2.50. The van der Waals surface area contributed by atoms with Crippen molar-refractivity contribution in [1.29, 1.82) is 5.26 Å². The minimum Gasteiger partial charge on any atom is -0.192 e. The van der Waals surface area contributed by atoms with Gasteiger partial charge in [0.05, 0.1) is 5.56 Å². The van der Waals surface area contributed by atoms with Crippen molar-refractivity contribution in [3.05, 3.63) is 39.7 Å². The van der Waals surface area contributed by atoms with Gasteiger partial charge in [0.1, 0.15) is 11.8 Å². The second-order valence-corrected chi connectivity index (χ2v) is 4.24. The van der Waals surface area contributed by atoms with Gasteiger partial charge in [-0.25, -0.2) is 0 Å². The molecule has 0 saturated carbocycles. The van der Waals surface area contributed by atoms with Gasteiger partial charge < -0.3 is 0 Å². The Kier molecular flexibility index (Phi) is 2.62. The monoisotopic (exact) mass is 264 g/mol. The van der Waals surface area contributed by atoms with Crippen LogP contribution < -0.4 is 0 Å². The molecule has 0 amide bonds. The quantitative estimate of drug-likeness (QED) is 0.791. The number of aromatic nitrogens is 1. The highest BCUT2D eigenvalue weighted by molar-refractivity contribution is 9.10. The Morgan fingerprint density at radius 3 is 2.64 bits per heavy atom. The first-order valence-electron chi connectivity index (χ1n) is 3.91. The van der Waals surface area contributed by atoms with E-state index in [9.17, 15) is 0 Å². The first-order chi connectivity index (χ1) is 6.81. The smallest absolute Gasteiger partial charge is 0.102 e. The number of hydrogen-bond donors (Lipinski definition) is 0. The SMILES string of the molecule is N#Cc1csnc1-c1ccc(Br)cc1. The van der Waals surface area contributed by atoms with Crippen LogP contribution in [-0.2, 0) is 0 Å². The Hall–Kier alpha value is -1.18. The van der Waals surface area contributed by atoms with Gasteiger partial charge >= 0.3 is 0 Å². The first-order valence-corrected chi connectivity index (χ1v) is 5.54. The van der Waals surface area contributed by atoms with Crippen molar-refractivity contribution in [2.75, 3.05) is 0 Å². The number of rotatable bonds is 1. The molecule has 0 spiro atoms. The number of nitrogens with zero attached hydrogens (tertiary/aromatic N) is 2. The van der Waals surface area contributed by atoms with Gasteiger partial charge in [-0.15, -0.1) is 0 Å². The fourth-order valence-electron chi connectivity index (χ4n) is 1.13. The van der Waals surface area contributed by atoms with Crippen molar-refractivity contribution in [1.82, 2.24) is 4.37 Å². The molecule has 0 saturated heterocycles. The molecule has 0 aliphatic carbocycles. The average Bonchev–Trinajstić information content (AvgIpc) is 2.67. The summed E-state index contributed by atoms with van der Waals surface area (Å²) in [4.78, 5) is 0. The largest absolute Gasteiger partial charge is 0.192 e. The Labute approximate surface area is 94.1 Å². The summed E-state index contributed by atoms with van der Waals surface area (Å²) in [6.07, 6.45) is 0. The molecule has 14 heavy (non-hydrogen) atoms. The minimum absolute atomic E-state index is 0.636. The van der Waals surface area contributed by atoms with E-state index >= 15 is 0 Å². The van der Waals surface area contributed by atoms with Crippen molar-refractivity contribution in [3.63, 3.8) is 0 Å². The number of nitriles is 1. The highest BCUT2D eigenvalue weighted by Crippen LogP contribution is 2.24. The van der Waals surface area contributed by atoms with Crippen LogP contribution in [-0.4, -0.2) is 4.37 Å². The molecule has 2 nitrogen and oxygen atoms in total. The molecule has 1 aromatic heterocycles. The van der Waals surface area contributed by atoms with E-state index in [0.29, 0.717) is 5.56 Å². The Morgan fingerprint density at radius 1 is 1.29 bits per heavy atom. The molecule has 2 aromatic rings. The van der Waals surface area contributed by atoms with Crippen LogP contribution in [0.5, 0.6) is 0 Å². The molecular weight excluding hydrogens is 260 g/mol. The fraction of sp³-hybridized carbons (Fsp3) is 0. The molecule has 0 atom stereocenters. The van der Waals surface area contributed by atoms with Gasteiger partial charge in [0.2, 0.25) is 0 Å². The van der Waals surface area contributed by atoms with Crippen LogP contribution in [0.15, 0.2) is 34.1 Å². The third-order valence-corrected chi connectivity index (χ3v) is 2.97. The van der Waals surface area contributed by atoms with Crippen molar-refractivity contribution in [3.8, 4) is 17.3 Å². The van der Waals surface area contributed by atoms with Gasteiger partial charge in [-0.2, -0.15) is 9.64 Å². The maximum atomic E-state index is 8.83. The van der Waals surface area contributed by atoms with E-state index in [4.69, 9.17) is 5.26 Å². The summed E-state index contributed by atoms with van der Waals surface area (Å²) in [6, 6.07) is 9.89. The summed E-state index contributed by atoms with van der Waals surface area (Å²) in [6.45, 7) is 0. The van der Waals surface area contributed by atoms with E-state index in [-0.39, 0.29) is 0 Å². The molecule has 0 aliphatic heterocycles. The molecule has 1 aromatic carbocycles. The van der Waals surface area contributed by atoms with Gasteiger partial charge in [0, 0.05) is 15.4 Å².